The first-order valence-electron chi connectivity index (χ1n) is 8.28. The van der Waals surface area contributed by atoms with E-state index in [9.17, 15) is 0 Å². The molecule has 0 amide bonds. The van der Waals surface area contributed by atoms with Crippen LogP contribution in [-0.2, 0) is 27.2 Å². The van der Waals surface area contributed by atoms with E-state index in [1.165, 1.54) is 0 Å². The van der Waals surface area contributed by atoms with Gasteiger partial charge in [-0.25, -0.2) is 0 Å². The first kappa shape index (κ1) is 26.4. The largest absolute Gasteiger partial charge is 0.412 e. The predicted octanol–water partition coefficient (Wildman–Crippen LogP) is 2.09. The summed E-state index contributed by atoms with van der Waals surface area (Å²) in [4.78, 5) is 0. The van der Waals surface area contributed by atoms with Crippen LogP contribution < -0.4 is 0 Å². The monoisotopic (exact) mass is 386 g/mol. The zero-order chi connectivity index (χ0) is 17.8. The molecule has 1 saturated heterocycles. The first-order chi connectivity index (χ1) is 10.9. The molecule has 0 aromatic rings. The van der Waals surface area contributed by atoms with E-state index in [1.54, 1.807) is 28.4 Å². The molecule has 2 N–H and O–H groups in total. The second-order valence-corrected chi connectivity index (χ2v) is 13.1. The lowest BCUT2D eigenvalue weighted by Crippen LogP contribution is -2.36. The van der Waals surface area contributed by atoms with Gasteiger partial charge in [0.1, 0.15) is 6.10 Å². The molecule has 1 fully saturated rings. The average molecular weight is 387 g/mol. The number of hydrogen-bond donors (Lipinski definition) is 0. The van der Waals surface area contributed by atoms with Gasteiger partial charge in [0.15, 0.2) is 0 Å². The number of hydrogen-bond acceptors (Lipinski definition) is 6. The van der Waals surface area contributed by atoms with E-state index in [-0.39, 0.29) is 5.48 Å². The molecule has 0 saturated carbocycles. The average Bonchev–Trinajstić information content (AvgIpc) is 3.39. The minimum absolute atomic E-state index is 0. The van der Waals surface area contributed by atoms with Crippen molar-refractivity contribution in [1.29, 1.82) is 0 Å². The quantitative estimate of drug-likeness (QED) is 0.290. The Hall–Kier alpha value is 0.154. The Morgan fingerprint density at radius 2 is 1.38 bits per heavy atom. The van der Waals surface area contributed by atoms with Gasteiger partial charge in [-0.05, 0) is 31.6 Å². The van der Waals surface area contributed by atoms with Gasteiger partial charge in [0.05, 0.1) is 13.2 Å². The normalized spacial score (nSPS) is 16.9. The molecule has 9 heteroatoms. The van der Waals surface area contributed by atoms with Gasteiger partial charge in [-0.2, -0.15) is 0 Å². The van der Waals surface area contributed by atoms with Crippen molar-refractivity contribution in [3.05, 3.63) is 0 Å². The summed E-state index contributed by atoms with van der Waals surface area (Å²) in [5, 5.41) is 0. The lowest BCUT2D eigenvalue weighted by molar-refractivity contribution is 0.114. The number of epoxide rings is 1. The molecule has 0 aliphatic carbocycles. The Labute approximate surface area is 149 Å². The van der Waals surface area contributed by atoms with E-state index in [1.807, 2.05) is 0 Å². The van der Waals surface area contributed by atoms with Crippen molar-refractivity contribution >= 4 is 17.1 Å². The molecule has 1 rings (SSSR count). The highest BCUT2D eigenvalue weighted by Crippen LogP contribution is 2.14. The van der Waals surface area contributed by atoms with Gasteiger partial charge in [0, 0.05) is 35.0 Å². The maximum atomic E-state index is 5.43. The maximum Gasteiger partial charge on any atom is 0.334 e. The van der Waals surface area contributed by atoms with Crippen molar-refractivity contribution in [3.63, 3.8) is 0 Å². The molecule has 24 heavy (non-hydrogen) atoms. The maximum absolute atomic E-state index is 5.43. The summed E-state index contributed by atoms with van der Waals surface area (Å²) in [6, 6.07) is 2.06. The molecular formula is C15H38O7Si2. The third-order valence-electron chi connectivity index (χ3n) is 4.06. The van der Waals surface area contributed by atoms with E-state index in [4.69, 9.17) is 27.2 Å². The van der Waals surface area contributed by atoms with Crippen LogP contribution in [0.3, 0.4) is 0 Å². The summed E-state index contributed by atoms with van der Waals surface area (Å²) in [5.41, 5.74) is 0. The van der Waals surface area contributed by atoms with Gasteiger partial charge >= 0.3 is 17.1 Å². The molecule has 0 radical (unpaired) electrons. The molecule has 1 heterocycles. The van der Waals surface area contributed by atoms with Gasteiger partial charge in [0.25, 0.3) is 0 Å². The van der Waals surface area contributed by atoms with Gasteiger partial charge in [0.2, 0.25) is 0 Å². The fraction of sp³-hybridized carbons (Fsp3) is 1.00. The Balaban J connectivity index is 0. The second kappa shape index (κ2) is 14.3. The summed E-state index contributed by atoms with van der Waals surface area (Å²) in [6.45, 7) is 8.66. The van der Waals surface area contributed by atoms with E-state index in [2.05, 4.69) is 20.0 Å². The topological polar surface area (TPSA) is 90.2 Å². The van der Waals surface area contributed by atoms with Crippen LogP contribution in [0.5, 0.6) is 0 Å². The van der Waals surface area contributed by atoms with Crippen molar-refractivity contribution in [2.24, 2.45) is 0 Å². The third kappa shape index (κ3) is 12.5. The van der Waals surface area contributed by atoms with Crippen LogP contribution >= 0.6 is 0 Å². The van der Waals surface area contributed by atoms with Crippen LogP contribution in [-0.4, -0.2) is 77.0 Å². The van der Waals surface area contributed by atoms with Crippen molar-refractivity contribution in [1.82, 2.24) is 0 Å². The Morgan fingerprint density at radius 1 is 0.917 bits per heavy atom. The molecule has 1 unspecified atom stereocenters. The number of ether oxygens (including phenoxy) is 2. The zero-order valence-corrected chi connectivity index (χ0v) is 18.5. The number of rotatable bonds is 12. The lowest BCUT2D eigenvalue weighted by atomic mass is 10.5. The summed E-state index contributed by atoms with van der Waals surface area (Å²) in [7, 11) is 3.32. The molecule has 148 valence electrons. The van der Waals surface area contributed by atoms with Crippen molar-refractivity contribution in [3.8, 4) is 0 Å². The highest BCUT2D eigenvalue weighted by atomic mass is 28.4. The molecule has 0 bridgehead atoms. The van der Waals surface area contributed by atoms with Gasteiger partial charge in [-0.3, -0.25) is 0 Å². The fourth-order valence-corrected chi connectivity index (χ4v) is 4.75. The van der Waals surface area contributed by atoms with E-state index >= 15 is 0 Å². The highest BCUT2D eigenvalue weighted by Gasteiger charge is 2.28. The molecule has 0 aromatic carbocycles. The van der Waals surface area contributed by atoms with E-state index in [0.29, 0.717) is 6.10 Å². The van der Waals surface area contributed by atoms with Gasteiger partial charge < -0.3 is 32.7 Å². The lowest BCUT2D eigenvalue weighted by Gasteiger charge is -2.22. The minimum Gasteiger partial charge on any atom is -0.412 e. The summed E-state index contributed by atoms with van der Waals surface area (Å²) in [5.74, 6) is 0. The molecule has 0 spiro atoms. The third-order valence-corrected chi connectivity index (χ3v) is 10.2. The molecule has 7 nitrogen and oxygen atoms in total. The van der Waals surface area contributed by atoms with E-state index < -0.39 is 17.1 Å². The fourth-order valence-electron chi connectivity index (χ4n) is 1.90. The van der Waals surface area contributed by atoms with Crippen molar-refractivity contribution < 1.29 is 32.7 Å². The van der Waals surface area contributed by atoms with Crippen LogP contribution in [0.25, 0.3) is 0 Å². The second-order valence-electron chi connectivity index (χ2n) is 5.97. The zero-order valence-electron chi connectivity index (χ0n) is 16.5. The van der Waals surface area contributed by atoms with Crippen LogP contribution in [0.4, 0.5) is 0 Å². The van der Waals surface area contributed by atoms with Gasteiger partial charge in [-0.15, -0.1) is 0 Å². The summed E-state index contributed by atoms with van der Waals surface area (Å²) < 4.78 is 31.7. The summed E-state index contributed by atoms with van der Waals surface area (Å²) in [6.07, 6.45) is 2.50. The van der Waals surface area contributed by atoms with Crippen molar-refractivity contribution in [2.45, 2.75) is 51.1 Å². The van der Waals surface area contributed by atoms with Crippen LogP contribution in [0.1, 0.15) is 19.8 Å². The molecule has 0 aromatic heterocycles. The van der Waals surface area contributed by atoms with E-state index in [0.717, 1.165) is 44.8 Å². The predicted molar refractivity (Wildman–Crippen MR) is 100.0 cm³/mol. The first-order valence-corrected chi connectivity index (χ1v) is 13.3. The van der Waals surface area contributed by atoms with Crippen LogP contribution in [0, 0.1) is 0 Å². The molecule has 1 atom stereocenters. The van der Waals surface area contributed by atoms with Gasteiger partial charge in [-0.1, -0.05) is 13.3 Å². The Bertz CT molecular complexity index is 283. The highest BCUT2D eigenvalue weighted by molar-refractivity contribution is 6.66. The standard InChI is InChI=1S/C9H20O4Si.C6H16O2Si.H2O/c1-10-14(3,11-2)6-4-5-12-7-9-8-13-9;1-5-6-9(4,7-2)8-3;/h9H,4-8H2,1-3H3;5-6H2,1-4H3;1H2. The Morgan fingerprint density at radius 3 is 1.71 bits per heavy atom. The smallest absolute Gasteiger partial charge is 0.334 e. The molecule has 1 aliphatic heterocycles. The SMILES string of the molecule is CCC[Si](C)(OC)OC.CO[Si](C)(CCCOCC1CO1)OC.O. The molecule has 1 aliphatic rings. The van der Waals surface area contributed by atoms with Crippen LogP contribution in [0.2, 0.25) is 25.2 Å². The van der Waals surface area contributed by atoms with Crippen LogP contribution in [0.15, 0.2) is 0 Å². The summed E-state index contributed by atoms with van der Waals surface area (Å²) >= 11 is 0. The van der Waals surface area contributed by atoms with Crippen molar-refractivity contribution in [2.75, 3.05) is 48.3 Å². The molecular weight excluding hydrogens is 348 g/mol. The minimum atomic E-state index is -1.87. The Kier molecular flexibility index (Phi) is 15.8.